The molecule has 4 aliphatic rings. The van der Waals surface area contributed by atoms with Gasteiger partial charge in [0.1, 0.15) is 5.54 Å². The van der Waals surface area contributed by atoms with E-state index >= 15 is 0 Å². The third-order valence-electron chi connectivity index (χ3n) is 3.30. The van der Waals surface area contributed by atoms with Gasteiger partial charge in [-0.2, -0.15) is 5.26 Å². The van der Waals surface area contributed by atoms with Gasteiger partial charge in [-0.15, -0.1) is 0 Å². The van der Waals surface area contributed by atoms with Crippen molar-refractivity contribution in [3.8, 4) is 6.07 Å². The first-order valence-electron chi connectivity index (χ1n) is 4.64. The topological polar surface area (TPSA) is 36.3 Å². The summed E-state index contributed by atoms with van der Waals surface area (Å²) in [6.45, 7) is 1.98. The second kappa shape index (κ2) is 2.01. The first-order chi connectivity index (χ1) is 5.82. The molecule has 2 bridgehead atoms. The van der Waals surface area contributed by atoms with Crippen LogP contribution < -0.4 is 0 Å². The average molecular weight is 164 g/mol. The largest absolute Gasteiger partial charge is 0.372 e. The molecule has 64 valence electrons. The van der Waals surface area contributed by atoms with Crippen molar-refractivity contribution >= 4 is 0 Å². The molecule has 0 N–H and O–H groups in total. The molecule has 3 saturated heterocycles. The second-order valence-corrected chi connectivity index (χ2v) is 4.16. The lowest BCUT2D eigenvalue weighted by Crippen LogP contribution is -2.60. The van der Waals surface area contributed by atoms with Crippen LogP contribution in [0.4, 0.5) is 0 Å². The van der Waals surface area contributed by atoms with Crippen molar-refractivity contribution in [1.82, 2.24) is 4.90 Å². The predicted molar refractivity (Wildman–Crippen MR) is 42.4 cm³/mol. The van der Waals surface area contributed by atoms with Crippen LogP contribution in [0.25, 0.3) is 0 Å². The van der Waals surface area contributed by atoms with E-state index in [4.69, 9.17) is 10.00 Å². The van der Waals surface area contributed by atoms with E-state index in [0.717, 1.165) is 25.9 Å². The molecule has 2 unspecified atom stereocenters. The number of rotatable bonds is 1. The summed E-state index contributed by atoms with van der Waals surface area (Å²) < 4.78 is 5.52. The lowest BCUT2D eigenvalue weighted by atomic mass is 9.97. The highest BCUT2D eigenvalue weighted by Gasteiger charge is 2.53. The van der Waals surface area contributed by atoms with Crippen molar-refractivity contribution in [2.45, 2.75) is 37.0 Å². The van der Waals surface area contributed by atoms with E-state index < -0.39 is 0 Å². The van der Waals surface area contributed by atoms with Gasteiger partial charge in [-0.05, 0) is 12.8 Å². The van der Waals surface area contributed by atoms with Crippen molar-refractivity contribution in [2.24, 2.45) is 0 Å². The number of hydrogen-bond acceptors (Lipinski definition) is 3. The zero-order chi connectivity index (χ0) is 8.18. The van der Waals surface area contributed by atoms with E-state index in [0.29, 0.717) is 12.2 Å². The Bertz CT molecular complexity index is 238. The number of morpholine rings is 1. The average Bonchev–Trinajstić information content (AvgIpc) is 2.83. The van der Waals surface area contributed by atoms with Gasteiger partial charge in [0, 0.05) is 19.5 Å². The van der Waals surface area contributed by atoms with Gasteiger partial charge in [0.2, 0.25) is 0 Å². The molecule has 0 aromatic heterocycles. The Morgan fingerprint density at radius 1 is 1.33 bits per heavy atom. The van der Waals surface area contributed by atoms with Crippen LogP contribution in [0.1, 0.15) is 19.3 Å². The van der Waals surface area contributed by atoms with E-state index in [9.17, 15) is 0 Å². The summed E-state index contributed by atoms with van der Waals surface area (Å²) in [5, 5.41) is 8.98. The van der Waals surface area contributed by atoms with E-state index in [2.05, 4.69) is 11.0 Å². The molecule has 12 heavy (non-hydrogen) atoms. The maximum absolute atomic E-state index is 8.98. The number of nitriles is 1. The standard InChI is InChI=1S/C9H12N2O/c10-6-9(1-2-9)11-4-7-3-8(5-11)12-7/h7-8H,1-5H2. The maximum Gasteiger partial charge on any atom is 0.109 e. The van der Waals surface area contributed by atoms with Crippen LogP contribution in [-0.2, 0) is 4.74 Å². The van der Waals surface area contributed by atoms with Crippen molar-refractivity contribution in [1.29, 1.82) is 5.26 Å². The highest BCUT2D eigenvalue weighted by molar-refractivity contribution is 5.20. The normalized spacial score (nSPS) is 42.9. The Hall–Kier alpha value is -0.590. The van der Waals surface area contributed by atoms with Gasteiger partial charge < -0.3 is 4.74 Å². The predicted octanol–water partition coefficient (Wildman–Crippen LogP) is 0.516. The molecular formula is C9H12N2O. The summed E-state index contributed by atoms with van der Waals surface area (Å²) in [7, 11) is 0. The van der Waals surface area contributed by atoms with Crippen LogP contribution in [-0.4, -0.2) is 35.7 Å². The summed E-state index contributed by atoms with van der Waals surface area (Å²) >= 11 is 0. The molecule has 4 rings (SSSR count). The van der Waals surface area contributed by atoms with Gasteiger partial charge in [-0.1, -0.05) is 0 Å². The summed E-state index contributed by atoms with van der Waals surface area (Å²) in [5.74, 6) is 0. The van der Waals surface area contributed by atoms with Crippen LogP contribution >= 0.6 is 0 Å². The van der Waals surface area contributed by atoms with Crippen LogP contribution in [0, 0.1) is 11.3 Å². The second-order valence-electron chi connectivity index (χ2n) is 4.16. The molecule has 3 aliphatic heterocycles. The smallest absolute Gasteiger partial charge is 0.109 e. The van der Waals surface area contributed by atoms with Gasteiger partial charge in [0.25, 0.3) is 0 Å². The molecule has 0 aromatic carbocycles. The molecule has 1 saturated carbocycles. The number of piperidine rings is 1. The summed E-state index contributed by atoms with van der Waals surface area (Å²) in [6, 6.07) is 2.43. The first-order valence-corrected chi connectivity index (χ1v) is 4.64. The Morgan fingerprint density at radius 3 is 2.33 bits per heavy atom. The summed E-state index contributed by atoms with van der Waals surface area (Å²) in [6.07, 6.45) is 4.24. The lowest BCUT2D eigenvalue weighted by Gasteiger charge is -2.48. The molecule has 3 nitrogen and oxygen atoms in total. The monoisotopic (exact) mass is 164 g/mol. The third-order valence-corrected chi connectivity index (χ3v) is 3.30. The number of ether oxygens (including phenoxy) is 1. The molecule has 4 fully saturated rings. The molecular weight excluding hydrogens is 152 g/mol. The molecule has 1 aliphatic carbocycles. The first kappa shape index (κ1) is 6.88. The highest BCUT2D eigenvalue weighted by atomic mass is 16.5. The highest BCUT2D eigenvalue weighted by Crippen LogP contribution is 2.44. The molecule has 0 amide bonds. The minimum absolute atomic E-state index is 0.0687. The third kappa shape index (κ3) is 0.769. The van der Waals surface area contributed by atoms with Gasteiger partial charge in [-0.3, -0.25) is 4.90 Å². The zero-order valence-corrected chi connectivity index (χ0v) is 6.99. The molecule has 3 heteroatoms. The molecule has 0 spiro atoms. The van der Waals surface area contributed by atoms with Crippen molar-refractivity contribution < 1.29 is 4.74 Å². The van der Waals surface area contributed by atoms with Crippen molar-refractivity contribution in [3.63, 3.8) is 0 Å². The SMILES string of the molecule is N#CC1(N2CC3CC(C2)O3)CC1. The Morgan fingerprint density at radius 2 is 1.92 bits per heavy atom. The van der Waals surface area contributed by atoms with Gasteiger partial charge in [-0.25, -0.2) is 0 Å². The Balaban J connectivity index is 1.75. The minimum atomic E-state index is -0.0687. The quantitative estimate of drug-likeness (QED) is 0.566. The Kier molecular flexibility index (Phi) is 1.15. The van der Waals surface area contributed by atoms with Crippen LogP contribution in [0.15, 0.2) is 0 Å². The number of hydrogen-bond donors (Lipinski definition) is 0. The van der Waals surface area contributed by atoms with Gasteiger partial charge >= 0.3 is 0 Å². The molecule has 0 aromatic rings. The minimum Gasteiger partial charge on any atom is -0.372 e. The fourth-order valence-corrected chi connectivity index (χ4v) is 2.32. The van der Waals surface area contributed by atoms with E-state index in [1.54, 1.807) is 0 Å². The maximum atomic E-state index is 8.98. The summed E-state index contributed by atoms with van der Waals surface area (Å²) in [5.41, 5.74) is -0.0687. The van der Waals surface area contributed by atoms with E-state index in [1.165, 1.54) is 6.42 Å². The summed E-state index contributed by atoms with van der Waals surface area (Å²) in [4.78, 5) is 2.33. The molecule has 3 heterocycles. The molecule has 2 atom stereocenters. The number of fused-ring (bicyclic) bond motifs is 2. The molecule has 0 radical (unpaired) electrons. The lowest BCUT2D eigenvalue weighted by molar-refractivity contribution is -0.187. The van der Waals surface area contributed by atoms with Crippen LogP contribution in [0.3, 0.4) is 0 Å². The van der Waals surface area contributed by atoms with E-state index in [1.807, 2.05) is 0 Å². The van der Waals surface area contributed by atoms with Gasteiger partial charge in [0.15, 0.2) is 0 Å². The van der Waals surface area contributed by atoms with Crippen molar-refractivity contribution in [3.05, 3.63) is 0 Å². The van der Waals surface area contributed by atoms with Crippen LogP contribution in [0.5, 0.6) is 0 Å². The fourth-order valence-electron chi connectivity index (χ4n) is 2.32. The van der Waals surface area contributed by atoms with Crippen LogP contribution in [0.2, 0.25) is 0 Å². The zero-order valence-electron chi connectivity index (χ0n) is 6.99. The Labute approximate surface area is 71.9 Å². The fraction of sp³-hybridized carbons (Fsp3) is 0.889. The number of nitrogens with zero attached hydrogens (tertiary/aromatic N) is 2. The van der Waals surface area contributed by atoms with E-state index in [-0.39, 0.29) is 5.54 Å². The van der Waals surface area contributed by atoms with Gasteiger partial charge in [0.05, 0.1) is 18.3 Å². The van der Waals surface area contributed by atoms with Crippen molar-refractivity contribution in [2.75, 3.05) is 13.1 Å².